The average molecular weight is 374 g/mol. The molecule has 0 aromatic carbocycles. The molecule has 0 amide bonds. The first-order chi connectivity index (χ1) is 3.39. The number of nitrogens with one attached hydrogen (secondary N) is 1. The summed E-state index contributed by atoms with van der Waals surface area (Å²) in [4.78, 5) is 0. The minimum absolute atomic E-state index is 0. The van der Waals surface area contributed by atoms with Gasteiger partial charge in [0.15, 0.2) is 0 Å². The normalized spacial score (nSPS) is 22.1. The van der Waals surface area contributed by atoms with Crippen LogP contribution < -0.4 is 5.32 Å². The van der Waals surface area contributed by atoms with Crippen LogP contribution in [0.5, 0.6) is 0 Å². The van der Waals surface area contributed by atoms with Crippen molar-refractivity contribution in [3.05, 3.63) is 0 Å². The van der Waals surface area contributed by atoms with E-state index >= 15 is 0 Å². The number of rotatable bonds is 0. The van der Waals surface area contributed by atoms with Gasteiger partial charge in [-0.2, -0.15) is 0 Å². The molecule has 0 spiro atoms. The fraction of sp³-hybridized carbons (Fsp3) is 1.00. The van der Waals surface area contributed by atoms with Crippen molar-refractivity contribution in [3.63, 3.8) is 0 Å². The number of nitrogens with zero attached hydrogens (tertiary/aromatic N) is 1. The molecule has 1 saturated heterocycles. The Balaban J connectivity index is 0.000000490. The SMILES string of the molecule is BrN1CCNCC1.[PbH2]. The second kappa shape index (κ2) is 5.13. The Kier molecular flexibility index (Phi) is 5.98. The Labute approximate surface area is 78.5 Å². The molecular weight excluding hydrogens is 363 g/mol. The van der Waals surface area contributed by atoms with Gasteiger partial charge in [-0.1, -0.05) is 0 Å². The number of halogens is 1. The zero-order chi connectivity index (χ0) is 5.11. The van der Waals surface area contributed by atoms with E-state index in [1.54, 1.807) is 0 Å². The molecule has 0 aromatic rings. The summed E-state index contributed by atoms with van der Waals surface area (Å²) in [5, 5.41) is 3.24. The van der Waals surface area contributed by atoms with Crippen LogP contribution in [0.15, 0.2) is 0 Å². The van der Waals surface area contributed by atoms with Gasteiger partial charge in [-0.05, 0) is 0 Å². The monoisotopic (exact) mass is 374 g/mol. The molecule has 1 rings (SSSR count). The van der Waals surface area contributed by atoms with Crippen molar-refractivity contribution < 1.29 is 0 Å². The van der Waals surface area contributed by atoms with Crippen molar-refractivity contribution in [2.45, 2.75) is 0 Å². The quantitative estimate of drug-likeness (QED) is 0.445. The van der Waals surface area contributed by atoms with Crippen molar-refractivity contribution in [1.82, 2.24) is 9.24 Å². The predicted molar refractivity (Wildman–Crippen MR) is 41.9 cm³/mol. The van der Waals surface area contributed by atoms with Crippen molar-refractivity contribution in [2.75, 3.05) is 26.2 Å². The molecule has 0 atom stereocenters. The van der Waals surface area contributed by atoms with Crippen molar-refractivity contribution >= 4 is 43.4 Å². The molecule has 8 heavy (non-hydrogen) atoms. The van der Waals surface area contributed by atoms with Crippen molar-refractivity contribution in [1.29, 1.82) is 0 Å². The molecule has 2 nitrogen and oxygen atoms in total. The van der Waals surface area contributed by atoms with Gasteiger partial charge < -0.3 is 5.32 Å². The third-order valence-corrected chi connectivity index (χ3v) is 1.77. The first-order valence-electron chi connectivity index (χ1n) is 2.51. The zero-order valence-corrected chi connectivity index (χ0v) is 11.9. The molecule has 0 saturated carbocycles. The summed E-state index contributed by atoms with van der Waals surface area (Å²) in [6.07, 6.45) is 0. The van der Waals surface area contributed by atoms with Gasteiger partial charge in [0.1, 0.15) is 0 Å². The van der Waals surface area contributed by atoms with E-state index in [-0.39, 0.29) is 27.3 Å². The maximum absolute atomic E-state index is 3.38. The Morgan fingerprint density at radius 1 is 1.25 bits per heavy atom. The van der Waals surface area contributed by atoms with Crippen LogP contribution >= 0.6 is 16.1 Å². The van der Waals surface area contributed by atoms with Gasteiger partial charge in [0.25, 0.3) is 0 Å². The van der Waals surface area contributed by atoms with E-state index in [4.69, 9.17) is 0 Å². The standard InChI is InChI=1S/C4H9BrN2.Pb.2H/c5-7-3-1-6-2-4-7;;;/h6H,1-4H2;;;. The van der Waals surface area contributed by atoms with Crippen LogP contribution in [0, 0.1) is 0 Å². The Morgan fingerprint density at radius 2 is 1.75 bits per heavy atom. The van der Waals surface area contributed by atoms with Gasteiger partial charge in [-0.3, -0.25) is 0 Å². The van der Waals surface area contributed by atoms with E-state index in [0.717, 1.165) is 26.2 Å². The molecule has 0 unspecified atom stereocenters. The molecule has 1 N–H and O–H groups in total. The zero-order valence-electron chi connectivity index (χ0n) is 4.86. The summed E-state index contributed by atoms with van der Waals surface area (Å²) in [6.45, 7) is 4.48. The summed E-state index contributed by atoms with van der Waals surface area (Å²) >= 11 is 3.38. The third-order valence-electron chi connectivity index (χ3n) is 1.06. The van der Waals surface area contributed by atoms with Crippen LogP contribution in [0.4, 0.5) is 0 Å². The summed E-state index contributed by atoms with van der Waals surface area (Å²) in [5.74, 6) is 0. The molecule has 1 aliphatic rings. The first kappa shape index (κ1) is 9.32. The minimum atomic E-state index is 0. The average Bonchev–Trinajstić information content (AvgIpc) is 1.69. The van der Waals surface area contributed by atoms with Crippen molar-refractivity contribution in [3.8, 4) is 0 Å². The van der Waals surface area contributed by atoms with E-state index in [1.807, 2.05) is 0 Å². The van der Waals surface area contributed by atoms with Gasteiger partial charge in [0.2, 0.25) is 0 Å². The molecule has 0 bridgehead atoms. The second-order valence-corrected chi connectivity index (χ2v) is 2.66. The van der Waals surface area contributed by atoms with E-state index in [2.05, 4.69) is 25.4 Å². The second-order valence-electron chi connectivity index (χ2n) is 1.66. The van der Waals surface area contributed by atoms with E-state index < -0.39 is 0 Å². The summed E-state index contributed by atoms with van der Waals surface area (Å²) < 4.78 is 2.14. The van der Waals surface area contributed by atoms with E-state index in [0.29, 0.717) is 0 Å². The molecule has 1 fully saturated rings. The van der Waals surface area contributed by atoms with Gasteiger partial charge in [0, 0.05) is 42.3 Å². The van der Waals surface area contributed by atoms with Gasteiger partial charge in [-0.15, -0.1) is 0 Å². The molecule has 0 aliphatic carbocycles. The Hall–Kier alpha value is 1.32. The van der Waals surface area contributed by atoms with Crippen LogP contribution in [0.1, 0.15) is 0 Å². The fourth-order valence-corrected chi connectivity index (χ4v) is 0.992. The molecule has 0 aromatic heterocycles. The van der Waals surface area contributed by atoms with Crippen molar-refractivity contribution in [2.24, 2.45) is 0 Å². The summed E-state index contributed by atoms with van der Waals surface area (Å²) in [5.41, 5.74) is 0. The molecule has 48 valence electrons. The van der Waals surface area contributed by atoms with Crippen LogP contribution in [0.2, 0.25) is 0 Å². The van der Waals surface area contributed by atoms with Crippen LogP contribution in [0.3, 0.4) is 0 Å². The topological polar surface area (TPSA) is 15.3 Å². The molecule has 1 aliphatic heterocycles. The molecule has 2 radical (unpaired) electrons. The fourth-order valence-electron chi connectivity index (χ4n) is 0.638. The summed E-state index contributed by atoms with van der Waals surface area (Å²) in [7, 11) is 0. The molecule has 4 heteroatoms. The van der Waals surface area contributed by atoms with E-state index in [1.165, 1.54) is 0 Å². The van der Waals surface area contributed by atoms with Gasteiger partial charge in [-0.25, -0.2) is 3.93 Å². The molecule has 1 heterocycles. The summed E-state index contributed by atoms with van der Waals surface area (Å²) in [6, 6.07) is 0. The van der Waals surface area contributed by atoms with Crippen LogP contribution in [0.25, 0.3) is 0 Å². The first-order valence-corrected chi connectivity index (χ1v) is 3.22. The third kappa shape index (κ3) is 3.37. The van der Waals surface area contributed by atoms with Crippen LogP contribution in [-0.2, 0) is 0 Å². The maximum atomic E-state index is 3.38. The van der Waals surface area contributed by atoms with Gasteiger partial charge >= 0.3 is 27.3 Å². The molecular formula is C4H11BrN2Pb. The number of hydrogen-bond acceptors (Lipinski definition) is 2. The Morgan fingerprint density at radius 3 is 2.00 bits per heavy atom. The van der Waals surface area contributed by atoms with Crippen LogP contribution in [-0.4, -0.2) is 57.4 Å². The Bertz CT molecular complexity index is 56.0. The number of piperazine rings is 1. The number of hydrogen-bond donors (Lipinski definition) is 1. The van der Waals surface area contributed by atoms with E-state index in [9.17, 15) is 0 Å². The van der Waals surface area contributed by atoms with Gasteiger partial charge in [0.05, 0.1) is 0 Å². The predicted octanol–water partition coefficient (Wildman–Crippen LogP) is -0.715.